The van der Waals surface area contributed by atoms with Gasteiger partial charge in [-0.05, 0) is 12.8 Å². The molecule has 0 aliphatic heterocycles. The van der Waals surface area contributed by atoms with E-state index in [1.165, 1.54) is 10.9 Å². The molecule has 0 saturated heterocycles. The molecule has 0 bridgehead atoms. The number of aliphatic hydroxyl groups is 1. The molecule has 2 rings (SSSR count). The van der Waals surface area contributed by atoms with E-state index in [0.717, 1.165) is 0 Å². The molecule has 1 amide bonds. The number of H-pyrrole nitrogens is 1. The van der Waals surface area contributed by atoms with Gasteiger partial charge in [0.1, 0.15) is 19.4 Å². The third-order valence-electron chi connectivity index (χ3n) is 3.75. The van der Waals surface area contributed by atoms with E-state index in [1.807, 2.05) is 13.8 Å². The maximum Gasteiger partial charge on any atom is 0.305 e. The summed E-state index contributed by atoms with van der Waals surface area (Å²) >= 11 is 0. The van der Waals surface area contributed by atoms with Gasteiger partial charge < -0.3 is 14.6 Å². The van der Waals surface area contributed by atoms with E-state index in [2.05, 4.69) is 20.3 Å². The average molecular weight is 395 g/mol. The number of aromatic nitrogens is 4. The van der Waals surface area contributed by atoms with Gasteiger partial charge in [0.05, 0.1) is 12.9 Å². The summed E-state index contributed by atoms with van der Waals surface area (Å²) < 4.78 is 12.0. The Balaban J connectivity index is 2.07. The summed E-state index contributed by atoms with van der Waals surface area (Å²) in [6.45, 7) is 3.21. The number of anilines is 1. The molecule has 1 unspecified atom stereocenters. The Morgan fingerprint density at radius 3 is 2.75 bits per heavy atom. The first-order valence-electron chi connectivity index (χ1n) is 9.11. The lowest BCUT2D eigenvalue weighted by Crippen LogP contribution is -2.27. The van der Waals surface area contributed by atoms with Gasteiger partial charge in [-0.1, -0.05) is 13.8 Å². The van der Waals surface area contributed by atoms with Crippen LogP contribution in [-0.4, -0.2) is 55.8 Å². The number of amides is 1. The van der Waals surface area contributed by atoms with Crippen molar-refractivity contribution in [1.82, 2.24) is 19.5 Å². The smallest absolute Gasteiger partial charge is 0.305 e. The lowest BCUT2D eigenvalue weighted by molar-refractivity contribution is -0.150. The Labute approximate surface area is 161 Å². The molecule has 2 aromatic rings. The fourth-order valence-electron chi connectivity index (χ4n) is 2.33. The predicted octanol–water partition coefficient (Wildman–Crippen LogP) is 0.536. The van der Waals surface area contributed by atoms with Crippen molar-refractivity contribution in [3.8, 4) is 0 Å². The minimum atomic E-state index is -0.732. The second-order valence-corrected chi connectivity index (χ2v) is 6.13. The number of carbonyl (C=O) groups is 2. The van der Waals surface area contributed by atoms with Gasteiger partial charge in [0, 0.05) is 12.8 Å². The Bertz CT molecular complexity index is 861. The quantitative estimate of drug-likeness (QED) is 0.467. The minimum Gasteiger partial charge on any atom is -0.463 e. The van der Waals surface area contributed by atoms with Gasteiger partial charge in [-0.15, -0.1) is 0 Å². The van der Waals surface area contributed by atoms with Crippen LogP contribution in [0.25, 0.3) is 11.2 Å². The van der Waals surface area contributed by atoms with Gasteiger partial charge in [-0.2, -0.15) is 4.98 Å². The first-order chi connectivity index (χ1) is 13.5. The second-order valence-electron chi connectivity index (χ2n) is 6.13. The van der Waals surface area contributed by atoms with Crippen LogP contribution >= 0.6 is 0 Å². The van der Waals surface area contributed by atoms with Crippen LogP contribution in [0.4, 0.5) is 5.95 Å². The Morgan fingerprint density at radius 2 is 2.07 bits per heavy atom. The summed E-state index contributed by atoms with van der Waals surface area (Å²) in [7, 11) is 0. The zero-order valence-corrected chi connectivity index (χ0v) is 15.9. The van der Waals surface area contributed by atoms with Gasteiger partial charge in [0.2, 0.25) is 11.9 Å². The fraction of sp³-hybridized carbons (Fsp3) is 0.588. The van der Waals surface area contributed by atoms with E-state index in [4.69, 9.17) is 9.47 Å². The number of hydrogen-bond donors (Lipinski definition) is 3. The highest BCUT2D eigenvalue weighted by Crippen LogP contribution is 2.09. The van der Waals surface area contributed by atoms with E-state index in [1.54, 1.807) is 0 Å². The van der Waals surface area contributed by atoms with Crippen LogP contribution in [0, 0.1) is 0 Å². The highest BCUT2D eigenvalue weighted by molar-refractivity contribution is 5.89. The Morgan fingerprint density at radius 1 is 1.32 bits per heavy atom. The van der Waals surface area contributed by atoms with Gasteiger partial charge in [-0.3, -0.25) is 29.3 Å². The molecule has 11 heteroatoms. The van der Waals surface area contributed by atoms with Gasteiger partial charge in [-0.25, -0.2) is 4.98 Å². The lowest BCUT2D eigenvalue weighted by Gasteiger charge is -2.16. The molecule has 0 aliphatic carbocycles. The molecule has 0 radical (unpaired) electrons. The standard InChI is InChI=1S/C17H25N5O6/c1-3-5-12(24)19-17-20-15-14(16(26)21-17)18-9-22(15)10-28-11(7-23)8-27-13(25)6-4-2/h9,11,23H,3-8,10H2,1-2H3,(H2,19,20,21,24,26). The highest BCUT2D eigenvalue weighted by Gasteiger charge is 2.15. The van der Waals surface area contributed by atoms with Gasteiger partial charge >= 0.3 is 5.97 Å². The number of fused-ring (bicyclic) bond motifs is 1. The maximum absolute atomic E-state index is 12.1. The summed E-state index contributed by atoms with van der Waals surface area (Å²) in [6, 6.07) is 0. The first-order valence-corrected chi connectivity index (χ1v) is 9.11. The molecule has 154 valence electrons. The molecule has 0 aliphatic rings. The minimum absolute atomic E-state index is 0.0184. The molecular formula is C17H25N5O6. The number of aliphatic hydroxyl groups excluding tert-OH is 1. The normalized spacial score (nSPS) is 12.1. The SMILES string of the molecule is CCCC(=O)Nc1nc2c(ncn2COC(CO)COC(=O)CCC)c(=O)[nH]1. The molecule has 0 saturated carbocycles. The van der Waals surface area contributed by atoms with Crippen molar-refractivity contribution in [3.05, 3.63) is 16.7 Å². The number of aromatic amines is 1. The van der Waals surface area contributed by atoms with Crippen molar-refractivity contribution in [2.75, 3.05) is 18.5 Å². The van der Waals surface area contributed by atoms with Crippen LogP contribution in [0.3, 0.4) is 0 Å². The van der Waals surface area contributed by atoms with Crippen molar-refractivity contribution in [2.45, 2.75) is 52.4 Å². The molecule has 0 fully saturated rings. The predicted molar refractivity (Wildman–Crippen MR) is 99.5 cm³/mol. The van der Waals surface area contributed by atoms with Crippen molar-refractivity contribution in [2.24, 2.45) is 0 Å². The van der Waals surface area contributed by atoms with Crippen molar-refractivity contribution in [1.29, 1.82) is 0 Å². The van der Waals surface area contributed by atoms with Crippen molar-refractivity contribution >= 4 is 29.0 Å². The number of nitrogens with zero attached hydrogens (tertiary/aromatic N) is 3. The lowest BCUT2D eigenvalue weighted by atomic mass is 10.3. The van der Waals surface area contributed by atoms with E-state index >= 15 is 0 Å². The summed E-state index contributed by atoms with van der Waals surface area (Å²) in [6.07, 6.45) is 2.56. The summed E-state index contributed by atoms with van der Waals surface area (Å²) in [5.41, 5.74) is -0.190. The first kappa shape index (κ1) is 21.5. The molecule has 1 atom stereocenters. The summed E-state index contributed by atoms with van der Waals surface area (Å²) in [5, 5.41) is 11.9. The monoisotopic (exact) mass is 395 g/mol. The number of rotatable bonds is 11. The largest absolute Gasteiger partial charge is 0.463 e. The second kappa shape index (κ2) is 10.5. The number of imidazole rings is 1. The van der Waals surface area contributed by atoms with Gasteiger partial charge in [0.15, 0.2) is 11.2 Å². The van der Waals surface area contributed by atoms with Crippen LogP contribution in [0.15, 0.2) is 11.1 Å². The van der Waals surface area contributed by atoms with Crippen LogP contribution < -0.4 is 10.9 Å². The Hall–Kier alpha value is -2.79. The molecule has 3 N–H and O–H groups in total. The number of ether oxygens (including phenoxy) is 2. The number of nitrogens with one attached hydrogen (secondary N) is 2. The van der Waals surface area contributed by atoms with Gasteiger partial charge in [0.25, 0.3) is 5.56 Å². The van der Waals surface area contributed by atoms with Crippen LogP contribution in [0.1, 0.15) is 39.5 Å². The number of esters is 1. The molecule has 11 nitrogen and oxygen atoms in total. The van der Waals surface area contributed by atoms with E-state index in [0.29, 0.717) is 25.7 Å². The third-order valence-corrected chi connectivity index (χ3v) is 3.75. The van der Waals surface area contributed by atoms with E-state index in [9.17, 15) is 19.5 Å². The maximum atomic E-state index is 12.1. The average Bonchev–Trinajstić information content (AvgIpc) is 3.06. The topological polar surface area (TPSA) is 148 Å². The molecule has 2 aromatic heterocycles. The van der Waals surface area contributed by atoms with E-state index < -0.39 is 11.7 Å². The van der Waals surface area contributed by atoms with Crippen LogP contribution in [-0.2, 0) is 25.8 Å². The molecule has 0 aromatic carbocycles. The number of hydrogen-bond acceptors (Lipinski definition) is 8. The molecular weight excluding hydrogens is 370 g/mol. The van der Waals surface area contributed by atoms with E-state index in [-0.39, 0.29) is 48.9 Å². The third kappa shape index (κ3) is 5.86. The van der Waals surface area contributed by atoms with Crippen LogP contribution in [0.5, 0.6) is 0 Å². The molecule has 2 heterocycles. The van der Waals surface area contributed by atoms with Crippen molar-refractivity contribution < 1.29 is 24.2 Å². The number of carbonyl (C=O) groups excluding carboxylic acids is 2. The zero-order valence-electron chi connectivity index (χ0n) is 15.9. The zero-order chi connectivity index (χ0) is 20.5. The summed E-state index contributed by atoms with van der Waals surface area (Å²) in [5.74, 6) is -0.607. The fourth-order valence-corrected chi connectivity index (χ4v) is 2.33. The summed E-state index contributed by atoms with van der Waals surface area (Å²) in [4.78, 5) is 45.9. The molecule has 0 spiro atoms. The Kier molecular flexibility index (Phi) is 8.08. The van der Waals surface area contributed by atoms with Crippen LogP contribution in [0.2, 0.25) is 0 Å². The molecule has 28 heavy (non-hydrogen) atoms. The highest BCUT2D eigenvalue weighted by atomic mass is 16.6. The van der Waals surface area contributed by atoms with Crippen molar-refractivity contribution in [3.63, 3.8) is 0 Å².